The summed E-state index contributed by atoms with van der Waals surface area (Å²) >= 11 is 1.44. The first kappa shape index (κ1) is 13.5. The Morgan fingerprint density at radius 2 is 2.56 bits per heavy atom. The molecule has 2 unspecified atom stereocenters. The molecule has 2 heterocycles. The minimum absolute atomic E-state index is 0.0140. The van der Waals surface area contributed by atoms with Crippen molar-refractivity contribution in [2.45, 2.75) is 32.4 Å². The normalized spacial score (nSPS) is 21.9. The summed E-state index contributed by atoms with van der Waals surface area (Å²) in [7, 11) is 0. The Morgan fingerprint density at radius 3 is 3.17 bits per heavy atom. The Kier molecular flexibility index (Phi) is 4.31. The molecule has 6 heteroatoms. The zero-order chi connectivity index (χ0) is 13.1. The van der Waals surface area contributed by atoms with Crippen LogP contribution in [-0.2, 0) is 4.74 Å². The molecule has 0 radical (unpaired) electrons. The van der Waals surface area contributed by atoms with Crippen molar-refractivity contribution in [2.75, 3.05) is 19.7 Å². The zero-order valence-corrected chi connectivity index (χ0v) is 11.6. The molecule has 2 N–H and O–H groups in total. The highest BCUT2D eigenvalue weighted by atomic mass is 32.1. The van der Waals surface area contributed by atoms with E-state index >= 15 is 0 Å². The van der Waals surface area contributed by atoms with Crippen molar-refractivity contribution >= 4 is 17.2 Å². The number of carbonyl (C=O) groups excluding carboxylic acids is 1. The average molecular weight is 269 g/mol. The number of hydrogen-bond acceptors (Lipinski definition) is 5. The number of nitrogens with two attached hydrogens (primary N) is 1. The molecule has 0 spiro atoms. The summed E-state index contributed by atoms with van der Waals surface area (Å²) in [5.74, 6) is -0.0140. The van der Waals surface area contributed by atoms with Crippen molar-refractivity contribution < 1.29 is 9.53 Å². The van der Waals surface area contributed by atoms with Gasteiger partial charge in [-0.2, -0.15) is 0 Å². The number of nitrogens with zero attached hydrogens (tertiary/aromatic N) is 2. The SMILES string of the molecule is CCC1CN(C(=O)c2csc(C(C)N)n2)CCO1. The molecule has 0 saturated carbocycles. The van der Waals surface area contributed by atoms with Gasteiger partial charge in [-0.1, -0.05) is 6.92 Å². The topological polar surface area (TPSA) is 68.5 Å². The monoisotopic (exact) mass is 269 g/mol. The lowest BCUT2D eigenvalue weighted by Gasteiger charge is -2.32. The summed E-state index contributed by atoms with van der Waals surface area (Å²) in [6.07, 6.45) is 1.07. The third-order valence-electron chi connectivity index (χ3n) is 3.01. The van der Waals surface area contributed by atoms with Gasteiger partial charge in [-0.05, 0) is 13.3 Å². The first-order valence-electron chi connectivity index (χ1n) is 6.23. The maximum atomic E-state index is 12.3. The Morgan fingerprint density at radius 1 is 1.78 bits per heavy atom. The number of hydrogen-bond donors (Lipinski definition) is 1. The van der Waals surface area contributed by atoms with E-state index in [0.29, 0.717) is 25.4 Å². The van der Waals surface area contributed by atoms with Gasteiger partial charge >= 0.3 is 0 Å². The molecular formula is C12H19N3O2S. The Labute approximate surface area is 111 Å². The van der Waals surface area contributed by atoms with Crippen molar-refractivity contribution in [2.24, 2.45) is 5.73 Å². The lowest BCUT2D eigenvalue weighted by molar-refractivity contribution is -0.0227. The summed E-state index contributed by atoms with van der Waals surface area (Å²) in [4.78, 5) is 18.4. The molecular weight excluding hydrogens is 250 g/mol. The number of morpholine rings is 1. The van der Waals surface area contributed by atoms with Crippen molar-refractivity contribution in [3.8, 4) is 0 Å². The smallest absolute Gasteiger partial charge is 0.273 e. The first-order valence-corrected chi connectivity index (χ1v) is 7.11. The lowest BCUT2D eigenvalue weighted by atomic mass is 10.2. The van der Waals surface area contributed by atoms with Gasteiger partial charge in [0.05, 0.1) is 18.8 Å². The Hall–Kier alpha value is -0.980. The molecule has 0 aromatic carbocycles. The van der Waals surface area contributed by atoms with Crippen LogP contribution in [0.15, 0.2) is 5.38 Å². The predicted octanol–water partition coefficient (Wildman–Crippen LogP) is 1.41. The van der Waals surface area contributed by atoms with Crippen LogP contribution in [0.25, 0.3) is 0 Å². The standard InChI is InChI=1S/C12H19N3O2S/c1-3-9-6-15(4-5-17-9)12(16)10-7-18-11(14-10)8(2)13/h7-9H,3-6,13H2,1-2H3. The molecule has 1 aromatic heterocycles. The highest BCUT2D eigenvalue weighted by Gasteiger charge is 2.25. The van der Waals surface area contributed by atoms with E-state index in [4.69, 9.17) is 10.5 Å². The van der Waals surface area contributed by atoms with Crippen LogP contribution in [0.4, 0.5) is 0 Å². The Bertz CT molecular complexity index is 419. The van der Waals surface area contributed by atoms with Gasteiger partial charge in [0.25, 0.3) is 5.91 Å². The molecule has 0 bridgehead atoms. The van der Waals surface area contributed by atoms with E-state index in [0.717, 1.165) is 11.4 Å². The fourth-order valence-corrected chi connectivity index (χ4v) is 2.66. The molecule has 1 amide bonds. The average Bonchev–Trinajstić information content (AvgIpc) is 2.87. The van der Waals surface area contributed by atoms with Crippen LogP contribution in [0.1, 0.15) is 41.8 Å². The molecule has 1 aliphatic heterocycles. The Balaban J connectivity index is 2.05. The van der Waals surface area contributed by atoms with Gasteiger partial charge in [0.15, 0.2) is 0 Å². The number of ether oxygens (including phenoxy) is 1. The van der Waals surface area contributed by atoms with E-state index in [1.54, 1.807) is 5.38 Å². The number of amides is 1. The van der Waals surface area contributed by atoms with E-state index in [2.05, 4.69) is 11.9 Å². The van der Waals surface area contributed by atoms with Crippen LogP contribution in [0.2, 0.25) is 0 Å². The first-order chi connectivity index (χ1) is 8.61. The summed E-state index contributed by atoms with van der Waals surface area (Å²) in [5, 5.41) is 2.59. The van der Waals surface area contributed by atoms with Crippen molar-refractivity contribution in [3.05, 3.63) is 16.1 Å². The van der Waals surface area contributed by atoms with Gasteiger partial charge < -0.3 is 15.4 Å². The summed E-state index contributed by atoms with van der Waals surface area (Å²) in [5.41, 5.74) is 6.26. The van der Waals surface area contributed by atoms with Crippen LogP contribution in [0, 0.1) is 0 Å². The van der Waals surface area contributed by atoms with E-state index in [9.17, 15) is 4.79 Å². The van der Waals surface area contributed by atoms with Crippen molar-refractivity contribution in [3.63, 3.8) is 0 Å². The zero-order valence-electron chi connectivity index (χ0n) is 10.8. The summed E-state index contributed by atoms with van der Waals surface area (Å²) in [6.45, 7) is 5.83. The second-order valence-corrected chi connectivity index (χ2v) is 5.40. The largest absolute Gasteiger partial charge is 0.375 e. The van der Waals surface area contributed by atoms with Gasteiger partial charge in [0, 0.05) is 18.5 Å². The predicted molar refractivity (Wildman–Crippen MR) is 70.7 cm³/mol. The fourth-order valence-electron chi connectivity index (χ4n) is 1.91. The highest BCUT2D eigenvalue weighted by Crippen LogP contribution is 2.18. The molecule has 2 rings (SSSR count). The fraction of sp³-hybridized carbons (Fsp3) is 0.667. The van der Waals surface area contributed by atoms with Crippen LogP contribution in [0.3, 0.4) is 0 Å². The van der Waals surface area contributed by atoms with Crippen molar-refractivity contribution in [1.29, 1.82) is 0 Å². The summed E-state index contributed by atoms with van der Waals surface area (Å²) < 4.78 is 5.56. The minimum Gasteiger partial charge on any atom is -0.375 e. The third kappa shape index (κ3) is 2.88. The maximum Gasteiger partial charge on any atom is 0.273 e. The number of carbonyl (C=O) groups is 1. The van der Waals surface area contributed by atoms with E-state index in [-0.39, 0.29) is 18.1 Å². The highest BCUT2D eigenvalue weighted by molar-refractivity contribution is 7.09. The van der Waals surface area contributed by atoms with Crippen LogP contribution in [0.5, 0.6) is 0 Å². The van der Waals surface area contributed by atoms with Crippen LogP contribution < -0.4 is 5.73 Å². The third-order valence-corrected chi connectivity index (χ3v) is 4.06. The van der Waals surface area contributed by atoms with Gasteiger partial charge in [0.2, 0.25) is 0 Å². The number of thiazole rings is 1. The second-order valence-electron chi connectivity index (χ2n) is 4.51. The van der Waals surface area contributed by atoms with Gasteiger partial charge in [-0.25, -0.2) is 4.98 Å². The second kappa shape index (κ2) is 5.77. The van der Waals surface area contributed by atoms with Gasteiger partial charge in [-0.15, -0.1) is 11.3 Å². The lowest BCUT2D eigenvalue weighted by Crippen LogP contribution is -2.45. The minimum atomic E-state index is -0.121. The molecule has 2 atom stereocenters. The molecule has 1 saturated heterocycles. The van der Waals surface area contributed by atoms with Crippen LogP contribution >= 0.6 is 11.3 Å². The van der Waals surface area contributed by atoms with E-state index in [1.807, 2.05) is 11.8 Å². The molecule has 100 valence electrons. The molecule has 5 nitrogen and oxygen atoms in total. The number of rotatable bonds is 3. The van der Waals surface area contributed by atoms with E-state index in [1.165, 1.54) is 11.3 Å². The summed E-state index contributed by atoms with van der Waals surface area (Å²) in [6, 6.07) is -0.121. The quantitative estimate of drug-likeness (QED) is 0.901. The molecule has 0 aliphatic carbocycles. The van der Waals surface area contributed by atoms with E-state index < -0.39 is 0 Å². The number of aromatic nitrogens is 1. The van der Waals surface area contributed by atoms with Crippen LogP contribution in [-0.4, -0.2) is 41.6 Å². The molecule has 1 fully saturated rings. The maximum absolute atomic E-state index is 12.3. The van der Waals surface area contributed by atoms with Crippen molar-refractivity contribution in [1.82, 2.24) is 9.88 Å². The van der Waals surface area contributed by atoms with Gasteiger partial charge in [-0.3, -0.25) is 4.79 Å². The molecule has 1 aromatic rings. The van der Waals surface area contributed by atoms with Gasteiger partial charge in [0.1, 0.15) is 10.7 Å². The molecule has 1 aliphatic rings. The molecule has 18 heavy (non-hydrogen) atoms.